The summed E-state index contributed by atoms with van der Waals surface area (Å²) < 4.78 is 10.9. The third kappa shape index (κ3) is 80.3. The number of ether oxygens (including phenoxy) is 2. The fourth-order valence-corrected chi connectivity index (χ4v) is 12.6. The van der Waals surface area contributed by atoms with Gasteiger partial charge in [0.2, 0.25) is 0 Å². The van der Waals surface area contributed by atoms with Crippen molar-refractivity contribution in [2.45, 2.75) is 412 Å². The third-order valence-electron chi connectivity index (χ3n) is 18.1. The summed E-state index contributed by atoms with van der Waals surface area (Å²) in [5.41, 5.74) is 11.9. The number of nitrogens with zero attached hydrogens (tertiary/aromatic N) is 11. The molecule has 836 valence electrons. The molecule has 146 heavy (non-hydrogen) atoms. The molecule has 20 heteroatoms. The number of fused-ring (bicyclic) bond motifs is 9. The van der Waals surface area contributed by atoms with E-state index in [9.17, 15) is 0 Å². The maximum Gasteiger partial charge on any atom is 0.169 e. The Hall–Kier alpha value is -9.85. The number of aryl methyl sites for hydroxylation is 7. The summed E-state index contributed by atoms with van der Waals surface area (Å²) in [6, 6.07) is 37.1. The number of rotatable bonds is 2. The van der Waals surface area contributed by atoms with Gasteiger partial charge in [0.05, 0.1) is 13.2 Å². The minimum Gasteiger partial charge on any atom is -0.490 e. The Kier molecular flexibility index (Phi) is 106. The normalized spacial score (nSPS) is 12.8. The van der Waals surface area contributed by atoms with Crippen LogP contribution < -0.4 is 56.5 Å². The first kappa shape index (κ1) is 149. The van der Waals surface area contributed by atoms with Crippen molar-refractivity contribution in [2.24, 2.45) is 41.4 Å². The zero-order valence-corrected chi connectivity index (χ0v) is 103. The maximum atomic E-state index is 5.56. The summed E-state index contributed by atoms with van der Waals surface area (Å²) in [5, 5.41) is 22.8. The summed E-state index contributed by atoms with van der Waals surface area (Å²) in [5.74, 6) is 18.1. The topological polar surface area (TPSA) is 225 Å². The number of aromatic nitrogens is 9. The number of hydrogen-bond donors (Lipinski definition) is 7. The van der Waals surface area contributed by atoms with Crippen LogP contribution in [0, 0.1) is 41.4 Å². The van der Waals surface area contributed by atoms with Gasteiger partial charge in [0.15, 0.2) is 23.1 Å². The van der Waals surface area contributed by atoms with Gasteiger partial charge in [0.25, 0.3) is 0 Å². The van der Waals surface area contributed by atoms with Gasteiger partial charge in [0, 0.05) is 121 Å². The highest BCUT2D eigenvalue weighted by Crippen LogP contribution is 2.30. The van der Waals surface area contributed by atoms with Crippen LogP contribution in [-0.2, 0) is 44.9 Å². The van der Waals surface area contributed by atoms with Gasteiger partial charge in [-0.25, -0.2) is 44.9 Å². The van der Waals surface area contributed by atoms with Crippen LogP contribution in [-0.4, -0.2) is 131 Å². The standard InChI is InChI=1S/C12H18N2.C11H16N2O.2C9H12N2.4C8H10N2.C7H8N2O.7C4H10.9C2H6/c1-9(2)11-7-6-10-5-3-4-8-13-12(10)14-11;1-8(2)9-4-5-10-11(13-9)12-6-3-7-14-10;2*1-11-7-3-5-8-4-2-6-10-9(8)11;4*1-3-7-4-2-6-10-8(7)9-5-1;1-2-6-7(8-3-1)9-4-5-10-6;7*1-4(2)3;9*1-2/h6-7,9H,3-5,8H2,1-2H3,(H,13,14);4-5,8H,3,6-7H2,1-2H3,(H,12,13);2*2,4,6H,3,5,7H2,1H3;4*1,3,5H,2,4,6H2,(H,9,10);1-3H,4-5H2,(H,8,9);7*4H,1-3H3;9*1-2H3. The molecule has 0 aromatic carbocycles. The Morgan fingerprint density at radius 3 is 0.767 bits per heavy atom. The van der Waals surface area contributed by atoms with Crippen molar-refractivity contribution >= 4 is 52.4 Å². The van der Waals surface area contributed by atoms with E-state index in [0.717, 1.165) is 178 Å². The fraction of sp³-hybridized carbons (Fsp3) is 0.643. The Balaban J connectivity index is -0.000000284. The molecule has 0 radical (unpaired) electrons. The summed E-state index contributed by atoms with van der Waals surface area (Å²) in [6.45, 7) is 101. The zero-order valence-electron chi connectivity index (χ0n) is 103. The van der Waals surface area contributed by atoms with E-state index in [1.165, 1.54) is 153 Å². The molecule has 0 atom stereocenters. The van der Waals surface area contributed by atoms with Crippen molar-refractivity contribution in [1.29, 1.82) is 0 Å². The first-order valence-electron chi connectivity index (χ1n) is 57.7. The van der Waals surface area contributed by atoms with E-state index in [-0.39, 0.29) is 0 Å². The molecule has 20 nitrogen and oxygen atoms in total. The second kappa shape index (κ2) is 104. The molecule has 9 aliphatic rings. The van der Waals surface area contributed by atoms with Crippen molar-refractivity contribution in [1.82, 2.24) is 44.9 Å². The second-order valence-electron chi connectivity index (χ2n) is 38.6. The van der Waals surface area contributed by atoms with Crippen molar-refractivity contribution in [3.8, 4) is 11.5 Å². The van der Waals surface area contributed by atoms with E-state index in [0.29, 0.717) is 11.8 Å². The first-order valence-corrected chi connectivity index (χ1v) is 57.7. The predicted molar refractivity (Wildman–Crippen MR) is 656 cm³/mol. The molecule has 0 saturated carbocycles. The van der Waals surface area contributed by atoms with Crippen LogP contribution >= 0.6 is 0 Å². The van der Waals surface area contributed by atoms with E-state index in [1.807, 2.05) is 222 Å². The summed E-state index contributed by atoms with van der Waals surface area (Å²) >= 11 is 0. The van der Waals surface area contributed by atoms with Crippen molar-refractivity contribution in [2.75, 3.05) is 133 Å². The van der Waals surface area contributed by atoms with Crippen LogP contribution in [0.25, 0.3) is 0 Å². The van der Waals surface area contributed by atoms with Crippen LogP contribution in [0.4, 0.5) is 52.4 Å². The molecule has 0 spiro atoms. The van der Waals surface area contributed by atoms with Crippen molar-refractivity contribution in [3.05, 3.63) is 203 Å². The Morgan fingerprint density at radius 2 is 0.452 bits per heavy atom. The quantitative estimate of drug-likeness (QED) is 0.0854. The largest absolute Gasteiger partial charge is 0.490 e. The van der Waals surface area contributed by atoms with E-state index in [1.54, 1.807) is 6.20 Å². The molecule has 0 fully saturated rings. The molecule has 0 amide bonds. The van der Waals surface area contributed by atoms with E-state index < -0.39 is 0 Å². The van der Waals surface area contributed by atoms with E-state index in [2.05, 4.69) is 328 Å². The monoisotopic (exact) mass is 2030 g/mol. The van der Waals surface area contributed by atoms with Crippen LogP contribution in [0.1, 0.15) is 418 Å². The van der Waals surface area contributed by atoms with Crippen molar-refractivity contribution in [3.63, 3.8) is 0 Å². The lowest BCUT2D eigenvalue weighted by Gasteiger charge is -2.25. The average molecular weight is 2030 g/mol. The minimum atomic E-state index is 0.463. The summed E-state index contributed by atoms with van der Waals surface area (Å²) in [4.78, 5) is 43.2. The summed E-state index contributed by atoms with van der Waals surface area (Å²) in [6.07, 6.45) is 32.1. The smallest absolute Gasteiger partial charge is 0.169 e. The van der Waals surface area contributed by atoms with Gasteiger partial charge in [-0.2, -0.15) is 0 Å². The molecule has 9 aliphatic heterocycles. The molecule has 9 aromatic heterocycles. The predicted octanol–water partition coefficient (Wildman–Crippen LogP) is 35.8. The molecular weight excluding hydrogens is 1800 g/mol. The lowest BCUT2D eigenvalue weighted by Crippen LogP contribution is -2.25. The molecule has 0 aliphatic carbocycles. The first-order chi connectivity index (χ1) is 70.3. The SMILES string of the molecule is CC.CC.CC.CC.CC.CC.CC.CC.CC.CC(C)C.CC(C)C.CC(C)C.CC(C)C.CC(C)C.CC(C)C.CC(C)C.CC(C)c1ccc2c(n1)NCCCC2.CC(C)c1ccc2c(n1)NCCCO2.CN1CCCc2cccnc21.CN1CCCc2cccnc21.c1cnc2c(c1)CCCN2.c1cnc2c(c1)CCCN2.c1cnc2c(c1)CCCN2.c1cnc2c(c1)CCCN2.c1cnc2c(c1)OCCN2. The lowest BCUT2D eigenvalue weighted by atomic mass is 10.1. The average Bonchev–Trinajstić information content (AvgIpc) is 1.83. The van der Waals surface area contributed by atoms with E-state index in [4.69, 9.17) is 9.47 Å². The van der Waals surface area contributed by atoms with Crippen LogP contribution in [0.3, 0.4) is 0 Å². The molecule has 18 rings (SSSR count). The van der Waals surface area contributed by atoms with Crippen molar-refractivity contribution < 1.29 is 9.47 Å². The minimum absolute atomic E-state index is 0.463. The van der Waals surface area contributed by atoms with Gasteiger partial charge in [-0.05, 0) is 262 Å². The molecule has 7 N–H and O–H groups in total. The van der Waals surface area contributed by atoms with Gasteiger partial charge in [-0.1, -0.05) is 340 Å². The Morgan fingerprint density at radius 1 is 0.219 bits per heavy atom. The Labute approximate surface area is 902 Å². The number of anilines is 9. The molecule has 9 aromatic rings. The van der Waals surface area contributed by atoms with Gasteiger partial charge in [-0.15, -0.1) is 0 Å². The molecular formula is C126H230N18O2. The van der Waals surface area contributed by atoms with Gasteiger partial charge in [-0.3, -0.25) is 0 Å². The lowest BCUT2D eigenvalue weighted by molar-refractivity contribution is 0.321. The molecule has 0 saturated heterocycles. The number of hydrogen-bond acceptors (Lipinski definition) is 20. The molecule has 0 bridgehead atoms. The second-order valence-corrected chi connectivity index (χ2v) is 38.6. The highest BCUT2D eigenvalue weighted by atomic mass is 16.5. The zero-order chi connectivity index (χ0) is 112. The van der Waals surface area contributed by atoms with Gasteiger partial charge >= 0.3 is 0 Å². The fourth-order valence-electron chi connectivity index (χ4n) is 12.6. The highest BCUT2D eigenvalue weighted by Gasteiger charge is 2.18. The highest BCUT2D eigenvalue weighted by molar-refractivity contribution is 5.54. The van der Waals surface area contributed by atoms with Gasteiger partial charge < -0.3 is 56.5 Å². The molecule has 18 heterocycles. The maximum absolute atomic E-state index is 5.56. The van der Waals surface area contributed by atoms with E-state index >= 15 is 0 Å². The third-order valence-corrected chi connectivity index (χ3v) is 18.1. The van der Waals surface area contributed by atoms with Crippen LogP contribution in [0.5, 0.6) is 11.5 Å². The van der Waals surface area contributed by atoms with Crippen LogP contribution in [0.2, 0.25) is 0 Å². The summed E-state index contributed by atoms with van der Waals surface area (Å²) in [7, 11) is 4.20. The molecule has 0 unspecified atom stereocenters. The number of nitrogens with one attached hydrogen (secondary N) is 7. The van der Waals surface area contributed by atoms with Gasteiger partial charge in [0.1, 0.15) is 47.3 Å². The van der Waals surface area contributed by atoms with Crippen LogP contribution in [0.15, 0.2) is 153 Å². The Bertz CT molecular complexity index is 3680. The number of pyridine rings is 9.